The molecule has 0 aliphatic carbocycles. The average Bonchev–Trinajstić information content (AvgIpc) is 2.29. The highest BCUT2D eigenvalue weighted by molar-refractivity contribution is 5.56. The first kappa shape index (κ1) is 10.5. The zero-order valence-corrected chi connectivity index (χ0v) is 9.32. The molecule has 1 N–H and O–H groups in total. The van der Waals surface area contributed by atoms with Gasteiger partial charge in [0.15, 0.2) is 0 Å². The van der Waals surface area contributed by atoms with Crippen LogP contribution >= 0.6 is 0 Å². The topological polar surface area (TPSA) is 23.5 Å². The largest absolute Gasteiger partial charge is 0.396 e. The maximum atomic E-state index is 8.87. The van der Waals surface area contributed by atoms with Crippen molar-refractivity contribution >= 4 is 5.69 Å². The summed E-state index contributed by atoms with van der Waals surface area (Å²) >= 11 is 0. The molecule has 15 heavy (non-hydrogen) atoms. The Morgan fingerprint density at radius 2 is 2.20 bits per heavy atom. The van der Waals surface area contributed by atoms with E-state index in [4.69, 9.17) is 5.11 Å². The molecule has 1 atom stereocenters. The fourth-order valence-corrected chi connectivity index (χ4v) is 2.31. The average molecular weight is 205 g/mol. The molecule has 0 saturated heterocycles. The zero-order valence-electron chi connectivity index (χ0n) is 9.32. The number of para-hydroxylation sites is 1. The molecule has 82 valence electrons. The third kappa shape index (κ3) is 2.15. The van der Waals surface area contributed by atoms with Crippen LogP contribution in [0.3, 0.4) is 0 Å². The van der Waals surface area contributed by atoms with Crippen LogP contribution in [0.2, 0.25) is 0 Å². The number of rotatable bonds is 3. The van der Waals surface area contributed by atoms with Crippen LogP contribution < -0.4 is 4.90 Å². The summed E-state index contributed by atoms with van der Waals surface area (Å²) in [5.74, 6) is 0.673. The van der Waals surface area contributed by atoms with Crippen molar-refractivity contribution in [2.24, 2.45) is 0 Å². The van der Waals surface area contributed by atoms with E-state index in [0.717, 1.165) is 19.5 Å². The van der Waals surface area contributed by atoms with Gasteiger partial charge in [0.25, 0.3) is 0 Å². The molecule has 1 heterocycles. The number of fused-ring (bicyclic) bond motifs is 1. The van der Waals surface area contributed by atoms with Crippen molar-refractivity contribution in [3.63, 3.8) is 0 Å². The highest BCUT2D eigenvalue weighted by Gasteiger charge is 2.20. The molecule has 1 aromatic rings. The van der Waals surface area contributed by atoms with Gasteiger partial charge in [0.1, 0.15) is 0 Å². The Balaban J connectivity index is 2.20. The molecule has 1 aliphatic heterocycles. The van der Waals surface area contributed by atoms with Crippen molar-refractivity contribution in [1.29, 1.82) is 0 Å². The van der Waals surface area contributed by atoms with E-state index in [0.29, 0.717) is 5.92 Å². The van der Waals surface area contributed by atoms with Crippen LogP contribution in [-0.4, -0.2) is 24.8 Å². The van der Waals surface area contributed by atoms with Crippen LogP contribution in [0.5, 0.6) is 0 Å². The Kier molecular flexibility index (Phi) is 3.27. The van der Waals surface area contributed by atoms with Crippen molar-refractivity contribution < 1.29 is 5.11 Å². The van der Waals surface area contributed by atoms with Crippen molar-refractivity contribution in [3.05, 3.63) is 29.8 Å². The van der Waals surface area contributed by atoms with Gasteiger partial charge in [0, 0.05) is 25.4 Å². The van der Waals surface area contributed by atoms with Crippen molar-refractivity contribution in [3.8, 4) is 0 Å². The van der Waals surface area contributed by atoms with Gasteiger partial charge in [-0.1, -0.05) is 25.1 Å². The lowest BCUT2D eigenvalue weighted by molar-refractivity contribution is 0.289. The fourth-order valence-electron chi connectivity index (χ4n) is 2.31. The van der Waals surface area contributed by atoms with E-state index in [2.05, 4.69) is 36.1 Å². The molecule has 1 unspecified atom stereocenters. The summed E-state index contributed by atoms with van der Waals surface area (Å²) in [7, 11) is 0. The molecule has 0 aromatic heterocycles. The Morgan fingerprint density at radius 1 is 1.40 bits per heavy atom. The molecule has 2 nitrogen and oxygen atoms in total. The molecule has 1 aliphatic rings. The summed E-state index contributed by atoms with van der Waals surface area (Å²) in [4.78, 5) is 2.39. The van der Waals surface area contributed by atoms with Gasteiger partial charge in [-0.25, -0.2) is 0 Å². The van der Waals surface area contributed by atoms with Gasteiger partial charge in [0.05, 0.1) is 0 Å². The van der Waals surface area contributed by atoms with Gasteiger partial charge in [-0.05, 0) is 30.4 Å². The molecule has 0 amide bonds. The molecule has 0 saturated carbocycles. The summed E-state index contributed by atoms with van der Waals surface area (Å²) in [6, 6.07) is 8.64. The van der Waals surface area contributed by atoms with Crippen LogP contribution in [0.25, 0.3) is 0 Å². The SMILES string of the molecule is CC1CCN(CCCO)c2ccccc21. The van der Waals surface area contributed by atoms with Crippen molar-refractivity contribution in [2.45, 2.75) is 25.7 Å². The normalized spacial score (nSPS) is 20.1. The number of aliphatic hydroxyl groups is 1. The summed E-state index contributed by atoms with van der Waals surface area (Å²) < 4.78 is 0. The molecule has 1 aromatic carbocycles. The van der Waals surface area contributed by atoms with E-state index < -0.39 is 0 Å². The monoisotopic (exact) mass is 205 g/mol. The number of benzene rings is 1. The number of anilines is 1. The van der Waals surface area contributed by atoms with Gasteiger partial charge >= 0.3 is 0 Å². The molecular formula is C13H19NO. The van der Waals surface area contributed by atoms with Crippen molar-refractivity contribution in [2.75, 3.05) is 24.6 Å². The van der Waals surface area contributed by atoms with E-state index in [9.17, 15) is 0 Å². The van der Waals surface area contributed by atoms with E-state index in [1.807, 2.05) is 0 Å². The Labute approximate surface area is 91.5 Å². The summed E-state index contributed by atoms with van der Waals surface area (Å²) in [6.45, 7) is 4.68. The highest BCUT2D eigenvalue weighted by Crippen LogP contribution is 2.34. The predicted molar refractivity (Wildman–Crippen MR) is 63.4 cm³/mol. The van der Waals surface area contributed by atoms with Gasteiger partial charge in [-0.3, -0.25) is 0 Å². The summed E-state index contributed by atoms with van der Waals surface area (Å²) in [6.07, 6.45) is 2.09. The third-order valence-corrected chi connectivity index (χ3v) is 3.23. The summed E-state index contributed by atoms with van der Waals surface area (Å²) in [5.41, 5.74) is 2.83. The number of aliphatic hydroxyl groups excluding tert-OH is 1. The molecule has 0 spiro atoms. The lowest BCUT2D eigenvalue weighted by Crippen LogP contribution is -2.31. The lowest BCUT2D eigenvalue weighted by atomic mass is 9.91. The first-order valence-electron chi connectivity index (χ1n) is 5.77. The number of nitrogens with zero attached hydrogens (tertiary/aromatic N) is 1. The second-order valence-corrected chi connectivity index (χ2v) is 4.31. The van der Waals surface area contributed by atoms with Gasteiger partial charge in [-0.2, -0.15) is 0 Å². The summed E-state index contributed by atoms with van der Waals surface area (Å²) in [5, 5.41) is 8.87. The Morgan fingerprint density at radius 3 is 3.00 bits per heavy atom. The molecule has 0 radical (unpaired) electrons. The molecule has 2 heteroatoms. The second kappa shape index (κ2) is 4.67. The predicted octanol–water partition coefficient (Wildman–Crippen LogP) is 2.38. The Hall–Kier alpha value is -1.02. The third-order valence-electron chi connectivity index (χ3n) is 3.23. The maximum Gasteiger partial charge on any atom is 0.0447 e. The number of hydrogen-bond donors (Lipinski definition) is 1. The standard InChI is InChI=1S/C13H19NO/c1-11-7-9-14(8-4-10-15)13-6-3-2-5-12(11)13/h2-3,5-6,11,15H,4,7-10H2,1H3. The first-order chi connectivity index (χ1) is 7.33. The van der Waals surface area contributed by atoms with Gasteiger partial charge in [-0.15, -0.1) is 0 Å². The zero-order chi connectivity index (χ0) is 10.7. The molecule has 0 fully saturated rings. The van der Waals surface area contributed by atoms with E-state index >= 15 is 0 Å². The fraction of sp³-hybridized carbons (Fsp3) is 0.538. The van der Waals surface area contributed by atoms with Crippen LogP contribution in [0.15, 0.2) is 24.3 Å². The van der Waals surface area contributed by atoms with E-state index in [1.54, 1.807) is 0 Å². The minimum Gasteiger partial charge on any atom is -0.396 e. The van der Waals surface area contributed by atoms with Gasteiger partial charge in [0.2, 0.25) is 0 Å². The van der Waals surface area contributed by atoms with Crippen LogP contribution in [0.4, 0.5) is 5.69 Å². The second-order valence-electron chi connectivity index (χ2n) is 4.31. The molecule has 0 bridgehead atoms. The quantitative estimate of drug-likeness (QED) is 0.819. The van der Waals surface area contributed by atoms with E-state index in [-0.39, 0.29) is 6.61 Å². The van der Waals surface area contributed by atoms with Crippen molar-refractivity contribution in [1.82, 2.24) is 0 Å². The molecular weight excluding hydrogens is 186 g/mol. The highest BCUT2D eigenvalue weighted by atomic mass is 16.3. The lowest BCUT2D eigenvalue weighted by Gasteiger charge is -2.34. The van der Waals surface area contributed by atoms with E-state index in [1.165, 1.54) is 17.7 Å². The molecule has 2 rings (SSSR count). The van der Waals surface area contributed by atoms with Crippen LogP contribution in [-0.2, 0) is 0 Å². The first-order valence-corrected chi connectivity index (χ1v) is 5.77. The maximum absolute atomic E-state index is 8.87. The number of hydrogen-bond acceptors (Lipinski definition) is 2. The van der Waals surface area contributed by atoms with Gasteiger partial charge < -0.3 is 10.0 Å². The minimum absolute atomic E-state index is 0.286. The van der Waals surface area contributed by atoms with Crippen LogP contribution in [0, 0.1) is 0 Å². The smallest absolute Gasteiger partial charge is 0.0447 e. The minimum atomic E-state index is 0.286. The van der Waals surface area contributed by atoms with Crippen LogP contribution in [0.1, 0.15) is 31.2 Å². The Bertz CT molecular complexity index is 324.